The summed E-state index contributed by atoms with van der Waals surface area (Å²) in [5.41, 5.74) is 6.71. The molecule has 0 fully saturated rings. The average molecular weight is 507 g/mol. The Morgan fingerprint density at radius 3 is 1.51 bits per heavy atom. The van der Waals surface area contributed by atoms with Crippen LogP contribution in [-0.4, -0.2) is 4.40 Å². The maximum absolute atomic E-state index is 8.76. The molecule has 6 aromatic carbocycles. The topological polar surface area (TPSA) is 4.41 Å². The normalized spacial score (nSPS) is 14.4. The van der Waals surface area contributed by atoms with Gasteiger partial charge in [0, 0.05) is 21.5 Å². The molecule has 0 N–H and O–H groups in total. The van der Waals surface area contributed by atoms with Crippen LogP contribution in [0.2, 0.25) is 0 Å². The molecule has 0 aliphatic rings. The lowest BCUT2D eigenvalue weighted by molar-refractivity contribution is 0.869. The van der Waals surface area contributed by atoms with E-state index in [9.17, 15) is 0 Å². The van der Waals surface area contributed by atoms with Gasteiger partial charge in [-0.1, -0.05) is 94.3 Å². The summed E-state index contributed by atoms with van der Waals surface area (Å²) in [6.07, 6.45) is 0. The highest BCUT2D eigenvalue weighted by Gasteiger charge is 2.20. The standard InChI is InChI=1S/C38H31N/c1-22(2)25-10-12-27-20-36-32(16-29(27)14-25)34-18-31(24-8-6-5-7-9-24)19-35-33-17-30-15-26(23(3)4)11-13-28(30)21-37(33)39(36)38(34)35/h5-23H,1-4H3/i5D,6D,7D,8D,9D. The number of rotatable bonds is 3. The first-order valence-corrected chi connectivity index (χ1v) is 13.7. The maximum atomic E-state index is 8.76. The van der Waals surface area contributed by atoms with Gasteiger partial charge in [-0.2, -0.15) is 0 Å². The number of aromatic nitrogens is 1. The zero-order valence-electron chi connectivity index (χ0n) is 27.5. The van der Waals surface area contributed by atoms with Crippen LogP contribution in [0.5, 0.6) is 0 Å². The highest BCUT2D eigenvalue weighted by atomic mass is 14.9. The summed E-state index contributed by atoms with van der Waals surface area (Å²) in [5.74, 6) is 0.822. The van der Waals surface area contributed by atoms with E-state index >= 15 is 0 Å². The van der Waals surface area contributed by atoms with Crippen molar-refractivity contribution >= 4 is 59.6 Å². The molecule has 0 aliphatic carbocycles. The second-order valence-corrected chi connectivity index (χ2v) is 11.5. The van der Waals surface area contributed by atoms with Gasteiger partial charge in [0.1, 0.15) is 0 Å². The molecule has 2 heterocycles. The quantitative estimate of drug-likeness (QED) is 0.224. The van der Waals surface area contributed by atoms with Crippen molar-refractivity contribution in [2.24, 2.45) is 0 Å². The zero-order chi connectivity index (χ0) is 30.8. The molecule has 2 aromatic heterocycles. The third-order valence-corrected chi connectivity index (χ3v) is 8.48. The van der Waals surface area contributed by atoms with E-state index in [0.29, 0.717) is 17.4 Å². The second-order valence-electron chi connectivity index (χ2n) is 11.5. The van der Waals surface area contributed by atoms with Crippen molar-refractivity contribution in [2.45, 2.75) is 39.5 Å². The molecule has 39 heavy (non-hydrogen) atoms. The molecule has 1 heteroatoms. The third kappa shape index (κ3) is 3.26. The Kier molecular flexibility index (Phi) is 3.73. The van der Waals surface area contributed by atoms with E-state index in [0.717, 1.165) is 48.9 Å². The molecule has 0 saturated carbocycles. The van der Waals surface area contributed by atoms with E-state index in [4.69, 9.17) is 6.85 Å². The summed E-state index contributed by atoms with van der Waals surface area (Å²) in [6.45, 7) is 8.81. The van der Waals surface area contributed by atoms with Crippen LogP contribution in [0.1, 0.15) is 57.5 Å². The number of nitrogens with zero attached hydrogens (tertiary/aromatic N) is 1. The summed E-state index contributed by atoms with van der Waals surface area (Å²) in [5, 5.41) is 8.87. The van der Waals surface area contributed by atoms with Crippen LogP contribution >= 0.6 is 0 Å². The average Bonchev–Trinajstić information content (AvgIpc) is 3.50. The first-order chi connectivity index (χ1) is 21.0. The Hall–Kier alpha value is -4.36. The van der Waals surface area contributed by atoms with Crippen molar-refractivity contribution in [3.05, 3.63) is 114 Å². The molecule has 188 valence electrons. The van der Waals surface area contributed by atoms with Gasteiger partial charge in [-0.15, -0.1) is 0 Å². The first-order valence-electron chi connectivity index (χ1n) is 16.2. The predicted molar refractivity (Wildman–Crippen MR) is 170 cm³/mol. The van der Waals surface area contributed by atoms with Crippen molar-refractivity contribution < 1.29 is 6.85 Å². The molecule has 0 unspecified atom stereocenters. The Labute approximate surface area is 235 Å². The minimum Gasteiger partial charge on any atom is -0.308 e. The molecule has 0 bridgehead atoms. The fourth-order valence-electron chi connectivity index (χ4n) is 6.32. The highest BCUT2D eigenvalue weighted by molar-refractivity contribution is 6.27. The summed E-state index contributed by atoms with van der Waals surface area (Å²) in [6, 6.07) is 25.1. The van der Waals surface area contributed by atoms with Crippen molar-refractivity contribution in [3.63, 3.8) is 0 Å². The highest BCUT2D eigenvalue weighted by Crippen LogP contribution is 2.44. The molecule has 0 amide bonds. The summed E-state index contributed by atoms with van der Waals surface area (Å²) in [7, 11) is 0. The molecule has 0 saturated heterocycles. The molecular weight excluding hydrogens is 470 g/mol. The molecular formula is C38H31N. The Bertz CT molecular complexity index is 2340. The molecule has 0 radical (unpaired) electrons. The number of hydrogen-bond donors (Lipinski definition) is 0. The van der Waals surface area contributed by atoms with Crippen LogP contribution in [0.15, 0.2) is 103 Å². The molecule has 8 aromatic rings. The van der Waals surface area contributed by atoms with E-state index in [2.05, 4.69) is 92.8 Å². The monoisotopic (exact) mass is 506 g/mol. The van der Waals surface area contributed by atoms with Gasteiger partial charge < -0.3 is 4.40 Å². The minimum absolute atomic E-state index is 0.184. The van der Waals surface area contributed by atoms with Crippen LogP contribution in [0, 0.1) is 0 Å². The van der Waals surface area contributed by atoms with Gasteiger partial charge in [-0.3, -0.25) is 0 Å². The van der Waals surface area contributed by atoms with Gasteiger partial charge in [-0.05, 0) is 92.0 Å². The first kappa shape index (κ1) is 18.0. The van der Waals surface area contributed by atoms with Gasteiger partial charge in [-0.25, -0.2) is 0 Å². The molecule has 0 spiro atoms. The van der Waals surface area contributed by atoms with E-state index in [1.165, 1.54) is 21.9 Å². The lowest BCUT2D eigenvalue weighted by Crippen LogP contribution is -1.88. The van der Waals surface area contributed by atoms with Gasteiger partial charge in [0.05, 0.1) is 23.4 Å². The van der Waals surface area contributed by atoms with Gasteiger partial charge in [0.15, 0.2) is 0 Å². The number of fused-ring (bicyclic) bond motifs is 8. The van der Waals surface area contributed by atoms with E-state index in [-0.39, 0.29) is 35.8 Å². The molecule has 0 atom stereocenters. The van der Waals surface area contributed by atoms with E-state index < -0.39 is 0 Å². The van der Waals surface area contributed by atoms with Crippen LogP contribution < -0.4 is 0 Å². The Morgan fingerprint density at radius 2 is 1.03 bits per heavy atom. The van der Waals surface area contributed by atoms with Crippen molar-refractivity contribution in [1.29, 1.82) is 0 Å². The van der Waals surface area contributed by atoms with Crippen molar-refractivity contribution in [2.75, 3.05) is 0 Å². The van der Waals surface area contributed by atoms with Gasteiger partial charge >= 0.3 is 0 Å². The Morgan fingerprint density at radius 1 is 0.513 bits per heavy atom. The SMILES string of the molecule is [2H]c1c([2H])c([2H])c(-c2cc3c4cc5cc(C(C)C)ccc5cc4n4c5cc6ccc(C(C)C)cc6cc5c(c2)c34)c([2H])c1[2H]. The third-order valence-electron chi connectivity index (χ3n) is 8.48. The van der Waals surface area contributed by atoms with Crippen LogP contribution in [0.25, 0.3) is 70.8 Å². The number of benzene rings is 6. The fraction of sp³-hybridized carbons (Fsp3) is 0.158. The smallest absolute Gasteiger partial charge is 0.0629 e. The lowest BCUT2D eigenvalue weighted by atomic mass is 9.95. The van der Waals surface area contributed by atoms with E-state index in [1.807, 2.05) is 12.1 Å². The fourth-order valence-corrected chi connectivity index (χ4v) is 6.32. The van der Waals surface area contributed by atoms with Crippen molar-refractivity contribution in [3.8, 4) is 11.1 Å². The summed E-state index contributed by atoms with van der Waals surface area (Å²) >= 11 is 0. The molecule has 1 nitrogen and oxygen atoms in total. The Balaban J connectivity index is 1.57. The molecule has 0 aliphatic heterocycles. The zero-order valence-corrected chi connectivity index (χ0v) is 22.5. The second kappa shape index (κ2) is 8.07. The van der Waals surface area contributed by atoms with Crippen molar-refractivity contribution in [1.82, 2.24) is 4.40 Å². The predicted octanol–water partition coefficient (Wildman–Crippen LogP) is 11.1. The maximum Gasteiger partial charge on any atom is 0.0629 e. The number of hydrogen-bond acceptors (Lipinski definition) is 0. The van der Waals surface area contributed by atoms with Gasteiger partial charge in [0.2, 0.25) is 0 Å². The van der Waals surface area contributed by atoms with Gasteiger partial charge in [0.25, 0.3) is 0 Å². The summed E-state index contributed by atoms with van der Waals surface area (Å²) < 4.78 is 44.7. The molecule has 8 rings (SSSR count). The summed E-state index contributed by atoms with van der Waals surface area (Å²) in [4.78, 5) is 0. The largest absolute Gasteiger partial charge is 0.308 e. The lowest BCUT2D eigenvalue weighted by Gasteiger charge is -2.09. The van der Waals surface area contributed by atoms with Crippen LogP contribution in [-0.2, 0) is 0 Å². The van der Waals surface area contributed by atoms with Crippen LogP contribution in [0.3, 0.4) is 0 Å². The van der Waals surface area contributed by atoms with Crippen LogP contribution in [0.4, 0.5) is 0 Å². The van der Waals surface area contributed by atoms with E-state index in [1.54, 1.807) is 0 Å². The minimum atomic E-state index is -0.379.